The fourth-order valence-corrected chi connectivity index (χ4v) is 4.55. The first-order chi connectivity index (χ1) is 17.3. The van der Waals surface area contributed by atoms with Crippen LogP contribution in [0.4, 0.5) is 5.69 Å². The van der Waals surface area contributed by atoms with Crippen molar-refractivity contribution in [2.75, 3.05) is 13.2 Å². The number of carboxylic acids is 1. The number of halogens is 1. The van der Waals surface area contributed by atoms with Crippen LogP contribution in [0.2, 0.25) is 5.02 Å². The number of carbonyl (C=O) groups is 2. The number of Topliss-reactive ketones (excluding diaryl/α,β-unsaturated/α-hetero) is 1. The van der Waals surface area contributed by atoms with Crippen molar-refractivity contribution in [3.63, 3.8) is 0 Å². The van der Waals surface area contributed by atoms with E-state index in [1.165, 1.54) is 6.20 Å². The summed E-state index contributed by atoms with van der Waals surface area (Å²) in [5.41, 5.74) is 3.07. The van der Waals surface area contributed by atoms with Crippen LogP contribution in [0.15, 0.2) is 36.5 Å². The zero-order valence-electron chi connectivity index (χ0n) is 20.2. The third-order valence-electron chi connectivity index (χ3n) is 5.89. The quantitative estimate of drug-likeness (QED) is 0.169. The molecular formula is C27H30ClN3O5. The smallest absolute Gasteiger partial charge is 0.303 e. The molecule has 2 heterocycles. The monoisotopic (exact) mass is 511 g/mol. The number of aromatic nitrogens is 2. The van der Waals surface area contributed by atoms with E-state index in [1.54, 1.807) is 13.0 Å². The Labute approximate surface area is 215 Å². The van der Waals surface area contributed by atoms with Gasteiger partial charge in [-0.1, -0.05) is 30.7 Å². The number of ketones is 1. The lowest BCUT2D eigenvalue weighted by atomic mass is 9.94. The van der Waals surface area contributed by atoms with Crippen LogP contribution in [0.3, 0.4) is 0 Å². The number of unbranched alkanes of at least 4 members (excludes halogenated alkanes) is 1. The first-order valence-corrected chi connectivity index (χ1v) is 12.3. The number of benzene rings is 1. The van der Waals surface area contributed by atoms with Gasteiger partial charge in [0.25, 0.3) is 0 Å². The van der Waals surface area contributed by atoms with Gasteiger partial charge in [0.05, 0.1) is 19.8 Å². The zero-order chi connectivity index (χ0) is 26.1. The first kappa shape index (κ1) is 27.3. The van der Waals surface area contributed by atoms with Gasteiger partial charge in [-0.05, 0) is 48.9 Å². The molecular weight excluding hydrogens is 482 g/mol. The van der Waals surface area contributed by atoms with E-state index in [1.807, 2.05) is 28.8 Å². The van der Waals surface area contributed by atoms with Gasteiger partial charge in [0, 0.05) is 53.9 Å². The summed E-state index contributed by atoms with van der Waals surface area (Å²) in [6.07, 6.45) is 3.47. The maximum atomic E-state index is 13.4. The van der Waals surface area contributed by atoms with Crippen LogP contribution in [-0.4, -0.2) is 44.7 Å². The Hall–Kier alpha value is -3.25. The van der Waals surface area contributed by atoms with Gasteiger partial charge in [-0.3, -0.25) is 9.59 Å². The average Bonchev–Trinajstić information content (AvgIpc) is 3.13. The predicted molar refractivity (Wildman–Crippen MR) is 137 cm³/mol. The van der Waals surface area contributed by atoms with E-state index in [9.17, 15) is 14.7 Å². The lowest BCUT2D eigenvalue weighted by Gasteiger charge is -2.12. The summed E-state index contributed by atoms with van der Waals surface area (Å²) in [6.45, 7) is 10.2. The third-order valence-corrected chi connectivity index (χ3v) is 6.13. The first-order valence-electron chi connectivity index (χ1n) is 11.9. The SMILES string of the molecule is [C-]#[N+]c1cnc2c(c1)c(C(=O)CC(C)CC(=O)O)c(CCCCOCc1cccc(Cl)c1)n2CCO. The fraction of sp³-hybridized carbons (Fsp3) is 0.407. The number of aliphatic hydroxyl groups excluding tert-OH is 1. The minimum Gasteiger partial charge on any atom is -0.481 e. The summed E-state index contributed by atoms with van der Waals surface area (Å²) in [6, 6.07) is 9.16. The van der Waals surface area contributed by atoms with Gasteiger partial charge >= 0.3 is 5.97 Å². The molecule has 0 saturated carbocycles. The van der Waals surface area contributed by atoms with Crippen LogP contribution >= 0.6 is 11.6 Å². The molecule has 9 heteroatoms. The second kappa shape index (κ2) is 13.2. The summed E-state index contributed by atoms with van der Waals surface area (Å²) in [7, 11) is 0. The number of aliphatic carboxylic acids is 1. The fourth-order valence-electron chi connectivity index (χ4n) is 4.34. The highest BCUT2D eigenvalue weighted by Gasteiger charge is 2.25. The molecule has 0 amide bonds. The van der Waals surface area contributed by atoms with Crippen LogP contribution in [-0.2, 0) is 29.1 Å². The molecule has 0 spiro atoms. The molecule has 0 fully saturated rings. The summed E-state index contributed by atoms with van der Waals surface area (Å²) < 4.78 is 7.61. The van der Waals surface area contributed by atoms with E-state index in [0.717, 1.165) is 24.1 Å². The predicted octanol–water partition coefficient (Wildman–Crippen LogP) is 5.46. The second-order valence-electron chi connectivity index (χ2n) is 8.84. The molecule has 0 aliphatic rings. The van der Waals surface area contributed by atoms with E-state index >= 15 is 0 Å². The number of aliphatic hydroxyl groups is 1. The van der Waals surface area contributed by atoms with Gasteiger partial charge in [0.2, 0.25) is 5.69 Å². The van der Waals surface area contributed by atoms with Crippen molar-refractivity contribution in [3.05, 3.63) is 69.8 Å². The van der Waals surface area contributed by atoms with Crippen molar-refractivity contribution < 1.29 is 24.5 Å². The lowest BCUT2D eigenvalue weighted by Crippen LogP contribution is -2.14. The molecule has 2 aromatic heterocycles. The Bertz CT molecular complexity index is 1260. The molecule has 190 valence electrons. The van der Waals surface area contributed by atoms with Gasteiger partial charge in [0.1, 0.15) is 5.65 Å². The van der Waals surface area contributed by atoms with Gasteiger partial charge < -0.3 is 19.5 Å². The van der Waals surface area contributed by atoms with Crippen LogP contribution in [0.25, 0.3) is 15.9 Å². The topological polar surface area (TPSA) is 106 Å². The van der Waals surface area contributed by atoms with Crippen molar-refractivity contribution in [1.82, 2.24) is 9.55 Å². The molecule has 36 heavy (non-hydrogen) atoms. The molecule has 0 aliphatic carbocycles. The number of ether oxygens (including phenoxy) is 1. The van der Waals surface area contributed by atoms with Gasteiger partial charge in [-0.25, -0.2) is 9.83 Å². The summed E-state index contributed by atoms with van der Waals surface area (Å²) >= 11 is 6.01. The molecule has 0 radical (unpaired) electrons. The third kappa shape index (κ3) is 7.14. The Kier molecular flexibility index (Phi) is 10.00. The highest BCUT2D eigenvalue weighted by molar-refractivity contribution is 6.30. The minimum atomic E-state index is -0.951. The molecule has 1 aromatic carbocycles. The molecule has 1 atom stereocenters. The molecule has 0 saturated heterocycles. The summed E-state index contributed by atoms with van der Waals surface area (Å²) in [4.78, 5) is 32.4. The van der Waals surface area contributed by atoms with Gasteiger partial charge in [0.15, 0.2) is 5.78 Å². The molecule has 3 rings (SSSR count). The van der Waals surface area contributed by atoms with Crippen LogP contribution in [0, 0.1) is 12.5 Å². The van der Waals surface area contributed by atoms with Crippen LogP contribution in [0.5, 0.6) is 0 Å². The van der Waals surface area contributed by atoms with Crippen molar-refractivity contribution in [3.8, 4) is 0 Å². The highest BCUT2D eigenvalue weighted by Crippen LogP contribution is 2.31. The Morgan fingerprint density at radius 3 is 2.75 bits per heavy atom. The summed E-state index contributed by atoms with van der Waals surface area (Å²) in [5, 5.41) is 20.0. The molecule has 0 bridgehead atoms. The Balaban J connectivity index is 1.79. The average molecular weight is 512 g/mol. The maximum Gasteiger partial charge on any atom is 0.303 e. The van der Waals surface area contributed by atoms with Crippen LogP contribution in [0.1, 0.15) is 54.2 Å². The molecule has 1 unspecified atom stereocenters. The van der Waals surface area contributed by atoms with E-state index in [-0.39, 0.29) is 37.7 Å². The van der Waals surface area contributed by atoms with E-state index in [2.05, 4.69) is 9.83 Å². The number of nitrogens with zero attached hydrogens (tertiary/aromatic N) is 3. The number of fused-ring (bicyclic) bond motifs is 1. The zero-order valence-corrected chi connectivity index (χ0v) is 21.0. The lowest BCUT2D eigenvalue weighted by molar-refractivity contribution is -0.137. The van der Waals surface area contributed by atoms with Crippen molar-refractivity contribution >= 4 is 40.1 Å². The molecule has 0 aliphatic heterocycles. The number of hydrogen-bond donors (Lipinski definition) is 2. The Morgan fingerprint density at radius 2 is 2.06 bits per heavy atom. The number of carboxylic acid groups (broad SMARTS) is 1. The van der Waals surface area contributed by atoms with Crippen LogP contribution < -0.4 is 0 Å². The Morgan fingerprint density at radius 1 is 1.25 bits per heavy atom. The van der Waals surface area contributed by atoms with E-state index < -0.39 is 5.97 Å². The number of hydrogen-bond acceptors (Lipinski definition) is 5. The molecule has 8 nitrogen and oxygen atoms in total. The highest BCUT2D eigenvalue weighted by atomic mass is 35.5. The number of carbonyl (C=O) groups excluding carboxylic acids is 1. The molecule has 2 N–H and O–H groups in total. The number of rotatable bonds is 14. The van der Waals surface area contributed by atoms with E-state index in [0.29, 0.717) is 46.9 Å². The summed E-state index contributed by atoms with van der Waals surface area (Å²) in [5.74, 6) is -1.47. The second-order valence-corrected chi connectivity index (χ2v) is 9.28. The number of pyridine rings is 1. The van der Waals surface area contributed by atoms with Crippen molar-refractivity contribution in [2.24, 2.45) is 5.92 Å². The van der Waals surface area contributed by atoms with Crippen molar-refractivity contribution in [2.45, 2.75) is 52.2 Å². The standard InChI is InChI=1S/C27H30ClN3O5/c1-18(13-25(34)35)12-24(33)26-22-15-21(29-2)16-30-27(22)31(9-10-32)23(26)8-3-4-11-36-17-19-6-5-7-20(28)14-19/h5-7,14-16,18,32H,3-4,8-13,17H2,1H3,(H,34,35). The largest absolute Gasteiger partial charge is 0.481 e. The van der Waals surface area contributed by atoms with Gasteiger partial charge in [-0.15, -0.1) is 0 Å². The maximum absolute atomic E-state index is 13.4. The van der Waals surface area contributed by atoms with Gasteiger partial charge in [-0.2, -0.15) is 0 Å². The van der Waals surface area contributed by atoms with Crippen molar-refractivity contribution in [1.29, 1.82) is 0 Å². The minimum absolute atomic E-state index is 0.0720. The van der Waals surface area contributed by atoms with E-state index in [4.69, 9.17) is 28.0 Å². The normalized spacial score (nSPS) is 11.9. The molecule has 3 aromatic rings.